The highest BCUT2D eigenvalue weighted by atomic mass is 32.1. The number of aliphatic hydroxyl groups excluding tert-OH is 5. The zero-order chi connectivity index (χ0) is 39.3. The molecule has 1 aliphatic heterocycles. The van der Waals surface area contributed by atoms with Crippen LogP contribution < -0.4 is 21.5 Å². The number of aromatic nitrogens is 8. The van der Waals surface area contributed by atoms with Crippen LogP contribution >= 0.6 is 27.9 Å². The van der Waals surface area contributed by atoms with E-state index >= 15 is 0 Å². The zero-order valence-corrected chi connectivity index (χ0v) is 30.1. The molecular weight excluding hydrogens is 784 g/mol. The van der Waals surface area contributed by atoms with E-state index in [1.807, 2.05) is 4.98 Å². The summed E-state index contributed by atoms with van der Waals surface area (Å²) in [6.07, 6.45) is -10.00. The van der Waals surface area contributed by atoms with Crippen molar-refractivity contribution in [2.45, 2.75) is 56.3 Å². The average Bonchev–Trinajstić information content (AvgIpc) is 3.66. The highest BCUT2D eigenvalue weighted by molar-refractivity contribution is 7.79. The number of imidazole rings is 1. The van der Waals surface area contributed by atoms with E-state index in [0.29, 0.717) is 11.1 Å². The molecule has 5 aromatic rings. The number of benzene rings is 1. The van der Waals surface area contributed by atoms with Gasteiger partial charge in [0.2, 0.25) is 5.52 Å². The van der Waals surface area contributed by atoms with Crippen molar-refractivity contribution >= 4 is 72.4 Å². The fraction of sp³-hybridized carbons (Fsp3) is 0.407. The number of H-pyrrole nitrogens is 2. The van der Waals surface area contributed by atoms with Crippen molar-refractivity contribution in [2.24, 2.45) is 0 Å². The SMILES string of the molecule is Cc1cc2nc3c(=O)[nH]c(=O)[nH]c3[n+](C[C@H](O)[C@H](O)[C@H](O)COP(=O)(O)OP(=O)(O)OC[C@H]3O[C@@H](n4cnc5c(N)ncnc54)[C@H](O)[C@@H]3O)c2cc1C=S. The molecule has 4 aromatic heterocycles. The van der Waals surface area contributed by atoms with E-state index in [4.69, 9.17) is 27.2 Å². The molecule has 290 valence electrons. The molecule has 1 fully saturated rings. The number of rotatable bonds is 14. The molecule has 0 spiro atoms. The van der Waals surface area contributed by atoms with Gasteiger partial charge in [-0.3, -0.25) is 23.4 Å². The van der Waals surface area contributed by atoms with Crippen molar-refractivity contribution in [3.05, 3.63) is 56.8 Å². The number of thiocarbonyl (C=S) groups is 1. The lowest BCUT2D eigenvalue weighted by molar-refractivity contribution is -0.657. The Morgan fingerprint density at radius 3 is 2.50 bits per heavy atom. The van der Waals surface area contributed by atoms with Crippen LogP contribution in [0.5, 0.6) is 0 Å². The highest BCUT2D eigenvalue weighted by Crippen LogP contribution is 2.60. The number of hydrogen-bond acceptors (Lipinski definition) is 19. The number of nitrogens with one attached hydrogen (secondary N) is 2. The first-order valence-corrected chi connectivity index (χ1v) is 19.0. The quantitative estimate of drug-likeness (QED) is 0.0232. The summed E-state index contributed by atoms with van der Waals surface area (Å²) >= 11 is 5.06. The van der Waals surface area contributed by atoms with E-state index in [-0.39, 0.29) is 39.2 Å². The lowest BCUT2D eigenvalue weighted by Crippen LogP contribution is -2.51. The molecule has 1 aromatic carbocycles. The first-order chi connectivity index (χ1) is 25.4. The van der Waals surface area contributed by atoms with Crippen molar-refractivity contribution in [3.8, 4) is 0 Å². The van der Waals surface area contributed by atoms with E-state index in [1.54, 1.807) is 19.1 Å². The minimum atomic E-state index is -5.55. The number of ether oxygens (including phenoxy) is 1. The number of fused-ring (bicyclic) bond motifs is 3. The molecule has 0 aliphatic carbocycles. The predicted molar refractivity (Wildman–Crippen MR) is 184 cm³/mol. The second-order valence-corrected chi connectivity index (χ2v) is 15.3. The molecular formula is C27H32N9O15P2S+. The smallest absolute Gasteiger partial charge is 0.388 e. The molecule has 11 N–H and O–H groups in total. The number of phosphoric ester groups is 2. The largest absolute Gasteiger partial charge is 0.481 e. The summed E-state index contributed by atoms with van der Waals surface area (Å²) in [6.45, 7) is -1.06. The Labute approximate surface area is 305 Å². The molecule has 24 nitrogen and oxygen atoms in total. The molecule has 0 radical (unpaired) electrons. The van der Waals surface area contributed by atoms with E-state index in [2.05, 4.69) is 33.8 Å². The molecule has 1 aliphatic rings. The fourth-order valence-corrected chi connectivity index (χ4v) is 8.00. The summed E-state index contributed by atoms with van der Waals surface area (Å²) in [6, 6.07) is 3.16. The molecule has 0 bridgehead atoms. The number of hydrogen-bond donors (Lipinski definition) is 10. The van der Waals surface area contributed by atoms with Gasteiger partial charge in [0, 0.05) is 5.37 Å². The van der Waals surface area contributed by atoms with E-state index in [1.165, 1.54) is 20.8 Å². The Bertz CT molecular complexity index is 2470. The molecule has 0 amide bonds. The molecule has 0 saturated carbocycles. The summed E-state index contributed by atoms with van der Waals surface area (Å²) in [7, 11) is -11.0. The maximum atomic E-state index is 12.6. The maximum absolute atomic E-state index is 12.6. The van der Waals surface area contributed by atoms with E-state index in [0.717, 1.165) is 6.33 Å². The Balaban J connectivity index is 1.08. The van der Waals surface area contributed by atoms with Gasteiger partial charge in [-0.15, -0.1) is 0 Å². The minimum absolute atomic E-state index is 0.0270. The first kappa shape index (κ1) is 39.6. The van der Waals surface area contributed by atoms with Gasteiger partial charge in [-0.25, -0.2) is 38.4 Å². The van der Waals surface area contributed by atoms with E-state index in [9.17, 15) is 54.0 Å². The van der Waals surface area contributed by atoms with Crippen LogP contribution in [0.3, 0.4) is 0 Å². The van der Waals surface area contributed by atoms with Gasteiger partial charge in [0.25, 0.3) is 5.56 Å². The Kier molecular flexibility index (Phi) is 11.2. The van der Waals surface area contributed by atoms with Gasteiger partial charge in [0.15, 0.2) is 23.2 Å². The molecule has 2 unspecified atom stereocenters. The maximum Gasteiger partial charge on any atom is 0.481 e. The number of aryl methyl sites for hydroxylation is 1. The number of aliphatic hydroxyl groups is 5. The highest BCUT2D eigenvalue weighted by Gasteiger charge is 2.46. The second kappa shape index (κ2) is 15.2. The fourth-order valence-electron chi connectivity index (χ4n) is 5.65. The molecule has 1 saturated heterocycles. The minimum Gasteiger partial charge on any atom is -0.388 e. The normalized spacial score (nSPS) is 23.0. The number of nitrogens with zero attached hydrogens (tertiary/aromatic N) is 6. The Morgan fingerprint density at radius 1 is 1.06 bits per heavy atom. The number of nitrogens with two attached hydrogens (primary N) is 1. The van der Waals surface area contributed by atoms with Gasteiger partial charge in [0.05, 0.1) is 19.5 Å². The average molecular weight is 817 g/mol. The van der Waals surface area contributed by atoms with Crippen molar-refractivity contribution < 1.29 is 67.1 Å². The van der Waals surface area contributed by atoms with Gasteiger partial charge in [-0.1, -0.05) is 12.2 Å². The summed E-state index contributed by atoms with van der Waals surface area (Å²) < 4.78 is 46.6. The van der Waals surface area contributed by atoms with Crippen LogP contribution in [-0.4, -0.2) is 125 Å². The van der Waals surface area contributed by atoms with Crippen LogP contribution in [0.15, 0.2) is 34.4 Å². The van der Waals surface area contributed by atoms with Crippen molar-refractivity contribution in [1.29, 1.82) is 0 Å². The summed E-state index contributed by atoms with van der Waals surface area (Å²) in [5.41, 5.74) is 5.67. The molecule has 9 atom stereocenters. The third-order valence-corrected chi connectivity index (χ3v) is 11.2. The lowest BCUT2D eigenvalue weighted by atomic mass is 10.1. The molecule has 5 heterocycles. The van der Waals surface area contributed by atoms with Crippen molar-refractivity contribution in [1.82, 2.24) is 34.5 Å². The van der Waals surface area contributed by atoms with Crippen LogP contribution in [-0.2, 0) is 33.8 Å². The van der Waals surface area contributed by atoms with Gasteiger partial charge in [-0.2, -0.15) is 9.29 Å². The third kappa shape index (κ3) is 8.00. The Hall–Kier alpha value is -4.04. The zero-order valence-electron chi connectivity index (χ0n) is 27.5. The van der Waals surface area contributed by atoms with E-state index < -0.39 is 89.5 Å². The standard InChI is InChI=1S/C27H31N9O15P2S/c1-10-2-12-13(3-11(10)7-54)35(24-18(32-12)25(42)34-27(43)33-24)4-14(37)19(39)15(38)5-48-52(44,45)51-53(46,47)49-6-16-20(40)21(41)26(50-16)36-9-31-17-22(28)29-8-30-23(17)36/h2-3,7-9,14-16,19-21,26,37-41H,4-6H2,1H3,(H5,28,29,30,34,42,43,44,45,46,47)/p+1/t14-,15+,16+,19-,20+,21+,26+/m0/s1. The number of anilines is 1. The summed E-state index contributed by atoms with van der Waals surface area (Å²) in [5.74, 6) is 0.0270. The van der Waals surface area contributed by atoms with Crippen molar-refractivity contribution in [2.75, 3.05) is 18.9 Å². The summed E-state index contributed by atoms with van der Waals surface area (Å²) in [5, 5.41) is 54.5. The van der Waals surface area contributed by atoms with Gasteiger partial charge in [-0.05, 0) is 30.2 Å². The predicted octanol–water partition coefficient (Wildman–Crippen LogP) is -2.92. The van der Waals surface area contributed by atoms with Crippen LogP contribution in [0.2, 0.25) is 0 Å². The topological polar surface area (TPSA) is 365 Å². The van der Waals surface area contributed by atoms with Crippen LogP contribution in [0, 0.1) is 6.92 Å². The number of aromatic amines is 2. The lowest BCUT2D eigenvalue weighted by Gasteiger charge is -2.24. The molecule has 54 heavy (non-hydrogen) atoms. The van der Waals surface area contributed by atoms with Crippen LogP contribution in [0.25, 0.3) is 33.4 Å². The first-order valence-electron chi connectivity index (χ1n) is 15.5. The monoisotopic (exact) mass is 816 g/mol. The molecule has 6 rings (SSSR count). The number of nitrogen functional groups attached to an aromatic ring is 1. The van der Waals surface area contributed by atoms with Crippen LogP contribution in [0.1, 0.15) is 17.4 Å². The van der Waals surface area contributed by atoms with Crippen molar-refractivity contribution in [3.63, 3.8) is 0 Å². The Morgan fingerprint density at radius 2 is 1.78 bits per heavy atom. The third-order valence-electron chi connectivity index (χ3n) is 8.35. The second-order valence-electron chi connectivity index (χ2n) is 12.0. The summed E-state index contributed by atoms with van der Waals surface area (Å²) in [4.78, 5) is 65.5. The van der Waals surface area contributed by atoms with Gasteiger partial charge >= 0.3 is 27.0 Å². The number of phosphoric acid groups is 2. The molecule has 27 heteroatoms. The van der Waals surface area contributed by atoms with Crippen LogP contribution in [0.4, 0.5) is 5.82 Å². The van der Waals surface area contributed by atoms with Gasteiger partial charge < -0.3 is 45.8 Å². The van der Waals surface area contributed by atoms with Gasteiger partial charge in [0.1, 0.15) is 60.5 Å².